The van der Waals surface area contributed by atoms with Crippen molar-refractivity contribution in [3.05, 3.63) is 29.3 Å². The highest BCUT2D eigenvalue weighted by molar-refractivity contribution is 6.32. The molecule has 5 nitrogen and oxygen atoms in total. The van der Waals surface area contributed by atoms with E-state index in [1.807, 2.05) is 0 Å². The van der Waals surface area contributed by atoms with Gasteiger partial charge in [0.05, 0.1) is 5.02 Å². The van der Waals surface area contributed by atoms with E-state index < -0.39 is 5.97 Å². The predicted molar refractivity (Wildman–Crippen MR) is 83.1 cm³/mol. The summed E-state index contributed by atoms with van der Waals surface area (Å²) < 4.78 is 5.47. The third-order valence-corrected chi connectivity index (χ3v) is 4.14. The lowest BCUT2D eigenvalue weighted by atomic mass is 9.93. The van der Waals surface area contributed by atoms with E-state index in [2.05, 4.69) is 0 Å². The second kappa shape index (κ2) is 8.03. The summed E-state index contributed by atoms with van der Waals surface area (Å²) in [7, 11) is 0. The summed E-state index contributed by atoms with van der Waals surface area (Å²) in [5, 5.41) is 9.22. The molecule has 1 fully saturated rings. The van der Waals surface area contributed by atoms with Crippen LogP contribution in [-0.4, -0.2) is 41.6 Å². The highest BCUT2D eigenvalue weighted by Crippen LogP contribution is 2.24. The van der Waals surface area contributed by atoms with Crippen LogP contribution in [-0.2, 0) is 9.59 Å². The Hall–Kier alpha value is -1.75. The van der Waals surface area contributed by atoms with Gasteiger partial charge in [-0.15, -0.1) is 0 Å². The Labute approximate surface area is 134 Å². The number of rotatable bonds is 6. The molecule has 6 heteroatoms. The highest BCUT2D eigenvalue weighted by Gasteiger charge is 2.24. The van der Waals surface area contributed by atoms with E-state index in [1.54, 1.807) is 29.2 Å². The van der Waals surface area contributed by atoms with E-state index in [4.69, 9.17) is 21.4 Å². The fourth-order valence-electron chi connectivity index (χ4n) is 2.65. The summed E-state index contributed by atoms with van der Waals surface area (Å²) in [5.41, 5.74) is 0. The second-order valence-electron chi connectivity index (χ2n) is 5.50. The molecule has 1 aliphatic rings. The number of para-hydroxylation sites is 1. The molecule has 1 atom stereocenters. The number of carbonyl (C=O) groups excluding carboxylic acids is 1. The molecule has 1 aliphatic heterocycles. The molecular weight excluding hydrogens is 306 g/mol. The van der Waals surface area contributed by atoms with Crippen molar-refractivity contribution in [1.82, 2.24) is 4.90 Å². The van der Waals surface area contributed by atoms with Crippen LogP contribution in [0.4, 0.5) is 0 Å². The van der Waals surface area contributed by atoms with Gasteiger partial charge in [0.1, 0.15) is 5.75 Å². The summed E-state index contributed by atoms with van der Waals surface area (Å²) in [6.07, 6.45) is 2.65. The van der Waals surface area contributed by atoms with E-state index in [1.165, 1.54) is 0 Å². The normalized spacial score (nSPS) is 18.0. The average molecular weight is 326 g/mol. The molecule has 0 aromatic heterocycles. The minimum Gasteiger partial charge on any atom is -0.482 e. The fraction of sp³-hybridized carbons (Fsp3) is 0.500. The van der Waals surface area contributed by atoms with Gasteiger partial charge in [0.15, 0.2) is 6.61 Å². The van der Waals surface area contributed by atoms with Gasteiger partial charge >= 0.3 is 5.97 Å². The Morgan fingerprint density at radius 3 is 2.86 bits per heavy atom. The number of carboxylic acids is 1. The van der Waals surface area contributed by atoms with E-state index in [0.717, 1.165) is 12.8 Å². The molecule has 0 bridgehead atoms. The monoisotopic (exact) mass is 325 g/mol. The minimum absolute atomic E-state index is 0.0462. The Morgan fingerprint density at radius 2 is 2.14 bits per heavy atom. The average Bonchev–Trinajstić information content (AvgIpc) is 2.52. The zero-order valence-electron chi connectivity index (χ0n) is 12.3. The molecule has 1 amide bonds. The summed E-state index contributed by atoms with van der Waals surface area (Å²) in [5.74, 6) is -0.114. The number of hydrogen-bond donors (Lipinski definition) is 1. The largest absolute Gasteiger partial charge is 0.482 e. The Balaban J connectivity index is 1.81. The van der Waals surface area contributed by atoms with E-state index in [9.17, 15) is 9.59 Å². The Bertz CT molecular complexity index is 535. The molecular formula is C16H20ClNO4. The Kier molecular flexibility index (Phi) is 6.07. The molecule has 1 aromatic carbocycles. The molecule has 1 saturated heterocycles. The number of aliphatic carboxylic acids is 1. The lowest BCUT2D eigenvalue weighted by molar-refractivity contribution is -0.137. The van der Waals surface area contributed by atoms with Crippen molar-refractivity contribution in [2.75, 3.05) is 19.7 Å². The molecule has 1 aromatic rings. The summed E-state index contributed by atoms with van der Waals surface area (Å²) in [6, 6.07) is 7.04. The van der Waals surface area contributed by atoms with Crippen LogP contribution in [0.1, 0.15) is 25.7 Å². The number of nitrogens with zero attached hydrogens (tertiary/aromatic N) is 1. The number of benzene rings is 1. The third kappa shape index (κ3) is 4.91. The van der Waals surface area contributed by atoms with Crippen LogP contribution < -0.4 is 4.74 Å². The van der Waals surface area contributed by atoms with E-state index in [-0.39, 0.29) is 24.9 Å². The number of amides is 1. The maximum atomic E-state index is 12.2. The molecule has 0 saturated carbocycles. The molecule has 1 heterocycles. The lowest BCUT2D eigenvalue weighted by Crippen LogP contribution is -2.42. The zero-order chi connectivity index (χ0) is 15.9. The van der Waals surface area contributed by atoms with Gasteiger partial charge in [0, 0.05) is 19.5 Å². The molecule has 2 rings (SSSR count). The van der Waals surface area contributed by atoms with Crippen molar-refractivity contribution in [3.63, 3.8) is 0 Å². The van der Waals surface area contributed by atoms with E-state index in [0.29, 0.717) is 30.3 Å². The number of carbonyl (C=O) groups is 2. The van der Waals surface area contributed by atoms with Crippen LogP contribution in [0.3, 0.4) is 0 Å². The van der Waals surface area contributed by atoms with Crippen LogP contribution in [0.15, 0.2) is 24.3 Å². The molecule has 120 valence electrons. The van der Waals surface area contributed by atoms with Crippen LogP contribution in [0.2, 0.25) is 5.02 Å². The summed E-state index contributed by atoms with van der Waals surface area (Å²) >= 11 is 5.98. The summed E-state index contributed by atoms with van der Waals surface area (Å²) in [4.78, 5) is 24.6. The van der Waals surface area contributed by atoms with Crippen molar-refractivity contribution in [2.24, 2.45) is 5.92 Å². The molecule has 22 heavy (non-hydrogen) atoms. The van der Waals surface area contributed by atoms with Gasteiger partial charge in [-0.3, -0.25) is 9.59 Å². The zero-order valence-corrected chi connectivity index (χ0v) is 13.1. The van der Waals surface area contributed by atoms with Crippen LogP contribution in [0.5, 0.6) is 5.75 Å². The first kappa shape index (κ1) is 16.6. The van der Waals surface area contributed by atoms with Gasteiger partial charge in [-0.2, -0.15) is 0 Å². The number of carboxylic acid groups (broad SMARTS) is 1. The van der Waals surface area contributed by atoms with Crippen LogP contribution >= 0.6 is 11.6 Å². The van der Waals surface area contributed by atoms with Gasteiger partial charge in [-0.05, 0) is 37.3 Å². The topological polar surface area (TPSA) is 66.8 Å². The van der Waals surface area contributed by atoms with Gasteiger partial charge in [0.25, 0.3) is 5.91 Å². The highest BCUT2D eigenvalue weighted by atomic mass is 35.5. The number of ether oxygens (including phenoxy) is 1. The van der Waals surface area contributed by atoms with E-state index >= 15 is 0 Å². The molecule has 0 aliphatic carbocycles. The number of likely N-dealkylation sites (tertiary alicyclic amines) is 1. The van der Waals surface area contributed by atoms with Gasteiger partial charge < -0.3 is 14.7 Å². The molecule has 0 radical (unpaired) electrons. The maximum Gasteiger partial charge on any atom is 0.303 e. The smallest absolute Gasteiger partial charge is 0.303 e. The molecule has 0 spiro atoms. The first-order valence-electron chi connectivity index (χ1n) is 7.43. The van der Waals surface area contributed by atoms with Crippen molar-refractivity contribution in [1.29, 1.82) is 0 Å². The predicted octanol–water partition coefficient (Wildman–Crippen LogP) is 2.82. The fourth-order valence-corrected chi connectivity index (χ4v) is 2.84. The number of piperidine rings is 1. The molecule has 0 unspecified atom stereocenters. The lowest BCUT2D eigenvalue weighted by Gasteiger charge is -2.32. The summed E-state index contributed by atoms with van der Waals surface area (Å²) in [6.45, 7) is 1.27. The van der Waals surface area contributed by atoms with Gasteiger partial charge in [-0.25, -0.2) is 0 Å². The van der Waals surface area contributed by atoms with Crippen molar-refractivity contribution < 1.29 is 19.4 Å². The van der Waals surface area contributed by atoms with Gasteiger partial charge in [0.2, 0.25) is 0 Å². The Morgan fingerprint density at radius 1 is 1.36 bits per heavy atom. The SMILES string of the molecule is O=C(O)CC[C@@H]1CCCN(C(=O)COc2ccccc2Cl)C1. The number of halogens is 1. The third-order valence-electron chi connectivity index (χ3n) is 3.83. The van der Waals surface area contributed by atoms with Gasteiger partial charge in [-0.1, -0.05) is 23.7 Å². The molecule has 1 N–H and O–H groups in total. The van der Waals surface area contributed by atoms with Crippen molar-refractivity contribution in [2.45, 2.75) is 25.7 Å². The van der Waals surface area contributed by atoms with Crippen molar-refractivity contribution in [3.8, 4) is 5.75 Å². The van der Waals surface area contributed by atoms with Crippen LogP contribution in [0.25, 0.3) is 0 Å². The quantitative estimate of drug-likeness (QED) is 0.873. The minimum atomic E-state index is -0.787. The first-order valence-corrected chi connectivity index (χ1v) is 7.81. The maximum absolute atomic E-state index is 12.2. The van der Waals surface area contributed by atoms with Crippen LogP contribution in [0, 0.1) is 5.92 Å². The first-order chi connectivity index (χ1) is 10.6. The standard InChI is InChI=1S/C16H20ClNO4/c17-13-5-1-2-6-14(13)22-11-15(19)18-9-3-4-12(10-18)7-8-16(20)21/h1-2,5-6,12H,3-4,7-11H2,(H,20,21)/t12-/m0/s1. The number of hydrogen-bond acceptors (Lipinski definition) is 3. The second-order valence-corrected chi connectivity index (χ2v) is 5.91. The van der Waals surface area contributed by atoms with Crippen molar-refractivity contribution >= 4 is 23.5 Å².